The maximum absolute atomic E-state index is 13.1. The Morgan fingerprint density at radius 1 is 1.06 bits per heavy atom. The molecule has 3 aliphatic rings. The molecule has 3 saturated heterocycles. The average molecular weight is 256 g/mol. The molecular formula is C13H15F3N2. The molecule has 3 aliphatic heterocycles. The van der Waals surface area contributed by atoms with Crippen LogP contribution in [0.3, 0.4) is 0 Å². The van der Waals surface area contributed by atoms with Gasteiger partial charge in [0.25, 0.3) is 0 Å². The Hall–Kier alpha value is -1.23. The fourth-order valence-electron chi connectivity index (χ4n) is 2.98. The van der Waals surface area contributed by atoms with Gasteiger partial charge in [-0.25, -0.2) is 13.2 Å². The maximum Gasteiger partial charge on any atom is 0.194 e. The number of hydrogen-bond acceptors (Lipinski definition) is 2. The second-order valence-corrected chi connectivity index (χ2v) is 5.14. The molecule has 1 N–H and O–H groups in total. The highest BCUT2D eigenvalue weighted by atomic mass is 19.2. The Morgan fingerprint density at radius 2 is 1.67 bits per heavy atom. The molecule has 0 aromatic heterocycles. The van der Waals surface area contributed by atoms with E-state index in [0.29, 0.717) is 11.6 Å². The first-order valence-corrected chi connectivity index (χ1v) is 6.27. The molecule has 98 valence electrons. The number of hydrogen-bond donors (Lipinski definition) is 1. The Balaban J connectivity index is 1.77. The van der Waals surface area contributed by atoms with Crippen molar-refractivity contribution < 1.29 is 13.2 Å². The van der Waals surface area contributed by atoms with Crippen LogP contribution in [0.5, 0.6) is 0 Å². The number of nitrogens with zero attached hydrogens (tertiary/aromatic N) is 1. The quantitative estimate of drug-likeness (QED) is 0.818. The first-order valence-electron chi connectivity index (χ1n) is 6.27. The van der Waals surface area contributed by atoms with Gasteiger partial charge >= 0.3 is 0 Å². The monoisotopic (exact) mass is 256 g/mol. The van der Waals surface area contributed by atoms with E-state index in [9.17, 15) is 13.2 Å². The molecule has 1 aromatic carbocycles. The van der Waals surface area contributed by atoms with E-state index >= 15 is 0 Å². The van der Waals surface area contributed by atoms with Crippen molar-refractivity contribution in [3.8, 4) is 0 Å². The summed E-state index contributed by atoms with van der Waals surface area (Å²) in [7, 11) is 0. The van der Waals surface area contributed by atoms with Crippen LogP contribution in [0, 0.1) is 23.4 Å². The Morgan fingerprint density at radius 3 is 2.17 bits per heavy atom. The van der Waals surface area contributed by atoms with Crippen LogP contribution < -0.4 is 5.32 Å². The van der Waals surface area contributed by atoms with Crippen molar-refractivity contribution in [3.05, 3.63) is 29.6 Å². The molecule has 0 spiro atoms. The molecule has 1 unspecified atom stereocenters. The number of fused-ring (bicyclic) bond motifs is 3. The van der Waals surface area contributed by atoms with E-state index in [1.54, 1.807) is 0 Å². The number of rotatable bonds is 2. The molecule has 0 aliphatic carbocycles. The first-order chi connectivity index (χ1) is 8.63. The zero-order chi connectivity index (χ0) is 12.7. The van der Waals surface area contributed by atoms with Crippen LogP contribution in [0.2, 0.25) is 0 Å². The summed E-state index contributed by atoms with van der Waals surface area (Å²) in [6, 6.07) is 2.25. The summed E-state index contributed by atoms with van der Waals surface area (Å²) >= 11 is 0. The highest BCUT2D eigenvalue weighted by Crippen LogP contribution is 2.30. The third-order valence-corrected chi connectivity index (χ3v) is 3.99. The molecule has 2 nitrogen and oxygen atoms in total. The maximum atomic E-state index is 13.1. The number of anilines is 1. The highest BCUT2D eigenvalue weighted by Gasteiger charge is 2.34. The van der Waals surface area contributed by atoms with Crippen LogP contribution in [0.15, 0.2) is 12.1 Å². The van der Waals surface area contributed by atoms with E-state index in [4.69, 9.17) is 0 Å². The number of nitrogens with one attached hydrogen (secondary N) is 1. The lowest BCUT2D eigenvalue weighted by Crippen LogP contribution is -2.53. The third kappa shape index (κ3) is 2.07. The van der Waals surface area contributed by atoms with Crippen molar-refractivity contribution in [3.63, 3.8) is 0 Å². The number of halogens is 3. The molecule has 1 atom stereocenters. The number of benzene rings is 1. The molecule has 0 radical (unpaired) electrons. The van der Waals surface area contributed by atoms with E-state index in [0.717, 1.165) is 44.6 Å². The van der Waals surface area contributed by atoms with E-state index in [-0.39, 0.29) is 6.04 Å². The molecular weight excluding hydrogens is 241 g/mol. The molecule has 3 fully saturated rings. The van der Waals surface area contributed by atoms with Gasteiger partial charge in [-0.1, -0.05) is 0 Å². The van der Waals surface area contributed by atoms with Crippen LogP contribution in [-0.2, 0) is 0 Å². The summed E-state index contributed by atoms with van der Waals surface area (Å²) < 4.78 is 39.1. The molecule has 5 heteroatoms. The summed E-state index contributed by atoms with van der Waals surface area (Å²) in [6.07, 6.45) is 2.23. The van der Waals surface area contributed by atoms with E-state index < -0.39 is 17.5 Å². The molecule has 2 bridgehead atoms. The van der Waals surface area contributed by atoms with Gasteiger partial charge < -0.3 is 10.2 Å². The second kappa shape index (κ2) is 4.46. The van der Waals surface area contributed by atoms with Crippen molar-refractivity contribution in [2.45, 2.75) is 18.9 Å². The molecule has 3 heterocycles. The van der Waals surface area contributed by atoms with Gasteiger partial charge in [-0.2, -0.15) is 0 Å². The van der Waals surface area contributed by atoms with Crippen LogP contribution in [0.25, 0.3) is 0 Å². The minimum atomic E-state index is -1.41. The Kier molecular flexibility index (Phi) is 2.93. The van der Waals surface area contributed by atoms with Gasteiger partial charge in [0.05, 0.1) is 0 Å². The normalized spacial score (nSPS) is 30.5. The zero-order valence-electron chi connectivity index (χ0n) is 9.93. The fourth-order valence-corrected chi connectivity index (χ4v) is 2.98. The minimum Gasteiger partial charge on any atom is -0.381 e. The summed E-state index contributed by atoms with van der Waals surface area (Å²) in [5.74, 6) is -3.14. The van der Waals surface area contributed by atoms with Crippen LogP contribution in [0.4, 0.5) is 18.9 Å². The van der Waals surface area contributed by atoms with E-state index in [1.165, 1.54) is 0 Å². The SMILES string of the molecule is Fc1cc(NC2CN3CCC2CC3)cc(F)c1F. The molecule has 0 saturated carbocycles. The first kappa shape index (κ1) is 11.8. The molecule has 0 amide bonds. The molecule has 1 aromatic rings. The van der Waals surface area contributed by atoms with Crippen molar-refractivity contribution in [1.29, 1.82) is 0 Å². The third-order valence-electron chi connectivity index (χ3n) is 3.99. The summed E-state index contributed by atoms with van der Waals surface area (Å²) in [5, 5.41) is 3.13. The van der Waals surface area contributed by atoms with Crippen molar-refractivity contribution in [2.24, 2.45) is 5.92 Å². The molecule has 18 heavy (non-hydrogen) atoms. The van der Waals surface area contributed by atoms with Crippen molar-refractivity contribution >= 4 is 5.69 Å². The van der Waals surface area contributed by atoms with Gasteiger partial charge in [-0.05, 0) is 31.8 Å². The van der Waals surface area contributed by atoms with Gasteiger partial charge in [-0.15, -0.1) is 0 Å². The van der Waals surface area contributed by atoms with Gasteiger partial charge in [0.15, 0.2) is 17.5 Å². The lowest BCUT2D eigenvalue weighted by atomic mass is 9.84. The lowest BCUT2D eigenvalue weighted by molar-refractivity contribution is 0.0975. The minimum absolute atomic E-state index is 0.205. The lowest BCUT2D eigenvalue weighted by Gasteiger charge is -2.45. The van der Waals surface area contributed by atoms with Crippen LogP contribution in [0.1, 0.15) is 12.8 Å². The second-order valence-electron chi connectivity index (χ2n) is 5.14. The van der Waals surface area contributed by atoms with Crippen molar-refractivity contribution in [2.75, 3.05) is 25.0 Å². The summed E-state index contributed by atoms with van der Waals surface area (Å²) in [4.78, 5) is 2.34. The number of piperidine rings is 3. The Bertz CT molecular complexity index is 433. The van der Waals surface area contributed by atoms with Crippen molar-refractivity contribution in [1.82, 2.24) is 4.90 Å². The Labute approximate surface area is 104 Å². The highest BCUT2D eigenvalue weighted by molar-refractivity contribution is 5.45. The van der Waals surface area contributed by atoms with E-state index in [1.807, 2.05) is 0 Å². The largest absolute Gasteiger partial charge is 0.381 e. The zero-order valence-corrected chi connectivity index (χ0v) is 9.93. The smallest absolute Gasteiger partial charge is 0.194 e. The van der Waals surface area contributed by atoms with Gasteiger partial charge in [0, 0.05) is 30.4 Å². The summed E-state index contributed by atoms with van der Waals surface area (Å²) in [6.45, 7) is 3.11. The van der Waals surface area contributed by atoms with Gasteiger partial charge in [0.2, 0.25) is 0 Å². The molecule has 4 rings (SSSR count). The van der Waals surface area contributed by atoms with Gasteiger partial charge in [0.1, 0.15) is 0 Å². The van der Waals surface area contributed by atoms with Crippen LogP contribution in [-0.4, -0.2) is 30.6 Å². The fraction of sp³-hybridized carbons (Fsp3) is 0.538. The topological polar surface area (TPSA) is 15.3 Å². The summed E-state index contributed by atoms with van der Waals surface area (Å²) in [5.41, 5.74) is 0.324. The predicted octanol–water partition coefficient (Wildman–Crippen LogP) is 2.61. The standard InChI is InChI=1S/C13H15F3N2/c14-10-5-9(6-11(15)13(10)16)17-12-7-18-3-1-8(12)2-4-18/h5-6,8,12,17H,1-4,7H2. The predicted molar refractivity (Wildman–Crippen MR) is 62.9 cm³/mol. The van der Waals surface area contributed by atoms with Gasteiger partial charge in [-0.3, -0.25) is 0 Å². The van der Waals surface area contributed by atoms with E-state index in [2.05, 4.69) is 10.2 Å². The average Bonchev–Trinajstić information content (AvgIpc) is 2.37. The van der Waals surface area contributed by atoms with Crippen LogP contribution >= 0.6 is 0 Å².